The molecule has 2 aliphatic carbocycles. The van der Waals surface area contributed by atoms with E-state index in [4.69, 9.17) is 9.68 Å². The van der Waals surface area contributed by atoms with Crippen molar-refractivity contribution in [3.05, 3.63) is 0 Å². The Kier molecular flexibility index (Phi) is 1.95. The maximum absolute atomic E-state index is 5.69. The van der Waals surface area contributed by atoms with Crippen LogP contribution in [0.2, 0.25) is 0 Å². The molecule has 104 valence electrons. The SMILES string of the molecule is CC1(C)ON=C2C1CCC21CCC2C1=NOC2(C)C. The van der Waals surface area contributed by atoms with Gasteiger partial charge in [0.25, 0.3) is 0 Å². The second-order valence-electron chi connectivity index (χ2n) is 7.61. The van der Waals surface area contributed by atoms with Crippen molar-refractivity contribution in [1.82, 2.24) is 0 Å². The van der Waals surface area contributed by atoms with E-state index in [0.717, 1.165) is 25.7 Å². The van der Waals surface area contributed by atoms with Gasteiger partial charge >= 0.3 is 0 Å². The molecule has 4 nitrogen and oxygen atoms in total. The van der Waals surface area contributed by atoms with Crippen LogP contribution in [0.4, 0.5) is 0 Å². The molecule has 2 heterocycles. The summed E-state index contributed by atoms with van der Waals surface area (Å²) in [6, 6.07) is 0. The van der Waals surface area contributed by atoms with Crippen molar-refractivity contribution in [3.8, 4) is 0 Å². The number of hydrogen-bond donors (Lipinski definition) is 0. The molecule has 2 atom stereocenters. The molecule has 0 saturated heterocycles. The summed E-state index contributed by atoms with van der Waals surface area (Å²) in [5.41, 5.74) is 2.26. The largest absolute Gasteiger partial charge is 0.389 e. The predicted octanol–water partition coefficient (Wildman–Crippen LogP) is 3.12. The van der Waals surface area contributed by atoms with E-state index in [0.29, 0.717) is 11.8 Å². The molecule has 0 amide bonds. The van der Waals surface area contributed by atoms with Crippen molar-refractivity contribution >= 4 is 11.4 Å². The van der Waals surface area contributed by atoms with Crippen LogP contribution in [0.15, 0.2) is 10.3 Å². The van der Waals surface area contributed by atoms with E-state index >= 15 is 0 Å². The zero-order chi connectivity index (χ0) is 13.5. The Balaban J connectivity index is 1.75. The number of oxime groups is 2. The fourth-order valence-electron chi connectivity index (χ4n) is 4.61. The van der Waals surface area contributed by atoms with Gasteiger partial charge in [0.15, 0.2) is 0 Å². The lowest BCUT2D eigenvalue weighted by atomic mass is 9.76. The molecule has 19 heavy (non-hydrogen) atoms. The highest BCUT2D eigenvalue weighted by Crippen LogP contribution is 2.59. The van der Waals surface area contributed by atoms with Gasteiger partial charge in [0.05, 0.1) is 16.8 Å². The lowest BCUT2D eigenvalue weighted by Crippen LogP contribution is -2.38. The van der Waals surface area contributed by atoms with E-state index in [9.17, 15) is 0 Å². The molecule has 0 aromatic carbocycles. The maximum Gasteiger partial charge on any atom is 0.140 e. The molecule has 0 aromatic heterocycles. The second-order valence-corrected chi connectivity index (χ2v) is 7.61. The molecule has 0 N–H and O–H groups in total. The van der Waals surface area contributed by atoms with Crippen molar-refractivity contribution < 1.29 is 9.68 Å². The highest BCUT2D eigenvalue weighted by molar-refractivity contribution is 6.17. The minimum Gasteiger partial charge on any atom is -0.389 e. The van der Waals surface area contributed by atoms with Gasteiger partial charge in [-0.25, -0.2) is 0 Å². The predicted molar refractivity (Wildman–Crippen MR) is 73.1 cm³/mol. The van der Waals surface area contributed by atoms with E-state index in [-0.39, 0.29) is 16.6 Å². The van der Waals surface area contributed by atoms with Gasteiger partial charge in [-0.2, -0.15) is 0 Å². The van der Waals surface area contributed by atoms with Gasteiger partial charge in [-0.1, -0.05) is 10.3 Å². The minimum absolute atomic E-state index is 0.0525. The standard InChI is InChI=1S/C15H22N2O2/c1-13(2)9-5-7-15(11(9)16-18-13)8-6-10-12(15)17-19-14(10,3)4/h9-10H,5-8H2,1-4H3. The molecule has 4 rings (SSSR count). The third kappa shape index (κ3) is 1.25. The number of fused-ring (bicyclic) bond motifs is 4. The zero-order valence-corrected chi connectivity index (χ0v) is 12.2. The summed E-state index contributed by atoms with van der Waals surface area (Å²) >= 11 is 0. The minimum atomic E-state index is -0.146. The summed E-state index contributed by atoms with van der Waals surface area (Å²) in [6.07, 6.45) is 4.66. The second kappa shape index (κ2) is 3.15. The fourth-order valence-corrected chi connectivity index (χ4v) is 4.61. The molecule has 0 bridgehead atoms. The smallest absolute Gasteiger partial charge is 0.140 e. The fraction of sp³-hybridized carbons (Fsp3) is 0.867. The summed E-state index contributed by atoms with van der Waals surface area (Å²) in [7, 11) is 0. The van der Waals surface area contributed by atoms with E-state index in [1.165, 1.54) is 11.4 Å². The number of nitrogens with zero attached hydrogens (tertiary/aromatic N) is 2. The quantitative estimate of drug-likeness (QED) is 0.673. The Hall–Kier alpha value is -1.06. The van der Waals surface area contributed by atoms with Crippen LogP contribution in [-0.2, 0) is 9.68 Å². The number of rotatable bonds is 0. The molecule has 2 fully saturated rings. The van der Waals surface area contributed by atoms with Crippen molar-refractivity contribution in [2.75, 3.05) is 0 Å². The third-order valence-corrected chi connectivity index (χ3v) is 5.80. The zero-order valence-electron chi connectivity index (χ0n) is 12.2. The summed E-state index contributed by atoms with van der Waals surface area (Å²) in [6.45, 7) is 8.60. The maximum atomic E-state index is 5.69. The average molecular weight is 262 g/mol. The highest BCUT2D eigenvalue weighted by Gasteiger charge is 2.64. The molecule has 2 saturated carbocycles. The highest BCUT2D eigenvalue weighted by atomic mass is 16.7. The Bertz CT molecular complexity index is 458. The van der Waals surface area contributed by atoms with Crippen molar-refractivity contribution in [2.24, 2.45) is 27.6 Å². The van der Waals surface area contributed by atoms with Crippen LogP contribution >= 0.6 is 0 Å². The Morgan fingerprint density at radius 1 is 0.842 bits per heavy atom. The summed E-state index contributed by atoms with van der Waals surface area (Å²) in [5.74, 6) is 0.912. The molecule has 0 aromatic rings. The Labute approximate surface area is 114 Å². The molecular weight excluding hydrogens is 240 g/mol. The van der Waals surface area contributed by atoms with E-state index in [1.807, 2.05) is 0 Å². The van der Waals surface area contributed by atoms with Gasteiger partial charge < -0.3 is 9.68 Å². The lowest BCUT2D eigenvalue weighted by Gasteiger charge is -2.24. The first-order chi connectivity index (χ1) is 8.87. The average Bonchev–Trinajstić information content (AvgIpc) is 3.00. The first kappa shape index (κ1) is 11.7. The Morgan fingerprint density at radius 2 is 1.26 bits per heavy atom. The van der Waals surface area contributed by atoms with Crippen molar-refractivity contribution in [1.29, 1.82) is 0 Å². The number of hydrogen-bond acceptors (Lipinski definition) is 4. The van der Waals surface area contributed by atoms with Crippen LogP contribution < -0.4 is 0 Å². The summed E-state index contributed by atoms with van der Waals surface area (Å²) in [4.78, 5) is 11.4. The monoisotopic (exact) mass is 262 g/mol. The molecular formula is C15H22N2O2. The van der Waals surface area contributed by atoms with Gasteiger partial charge in [-0.05, 0) is 53.4 Å². The summed E-state index contributed by atoms with van der Waals surface area (Å²) in [5, 5.41) is 8.95. The molecule has 4 aliphatic rings. The van der Waals surface area contributed by atoms with E-state index in [2.05, 4.69) is 38.0 Å². The van der Waals surface area contributed by atoms with Gasteiger partial charge in [0.2, 0.25) is 0 Å². The van der Waals surface area contributed by atoms with Crippen LogP contribution in [0.3, 0.4) is 0 Å². The summed E-state index contributed by atoms with van der Waals surface area (Å²) < 4.78 is 0. The third-order valence-electron chi connectivity index (χ3n) is 5.80. The van der Waals surface area contributed by atoms with Gasteiger partial charge in [0.1, 0.15) is 11.2 Å². The van der Waals surface area contributed by atoms with Crippen LogP contribution in [0.1, 0.15) is 53.4 Å². The van der Waals surface area contributed by atoms with Crippen LogP contribution in [0.25, 0.3) is 0 Å². The molecule has 1 spiro atoms. The van der Waals surface area contributed by atoms with Crippen LogP contribution in [0.5, 0.6) is 0 Å². The van der Waals surface area contributed by atoms with E-state index < -0.39 is 0 Å². The Morgan fingerprint density at radius 3 is 1.68 bits per heavy atom. The van der Waals surface area contributed by atoms with Gasteiger partial charge in [-0.3, -0.25) is 0 Å². The first-order valence-electron chi connectivity index (χ1n) is 7.40. The molecule has 2 aliphatic heterocycles. The van der Waals surface area contributed by atoms with Crippen molar-refractivity contribution in [3.63, 3.8) is 0 Å². The van der Waals surface area contributed by atoms with Crippen LogP contribution in [0, 0.1) is 17.3 Å². The molecule has 0 radical (unpaired) electrons. The van der Waals surface area contributed by atoms with Crippen molar-refractivity contribution in [2.45, 2.75) is 64.6 Å². The lowest BCUT2D eigenvalue weighted by molar-refractivity contribution is -0.0172. The molecule has 4 heteroatoms. The van der Waals surface area contributed by atoms with Gasteiger partial charge in [0, 0.05) is 11.8 Å². The van der Waals surface area contributed by atoms with Gasteiger partial charge in [-0.15, -0.1) is 0 Å². The first-order valence-corrected chi connectivity index (χ1v) is 7.40. The molecule has 2 unspecified atom stereocenters. The van der Waals surface area contributed by atoms with E-state index in [1.54, 1.807) is 0 Å². The van der Waals surface area contributed by atoms with Crippen LogP contribution in [-0.4, -0.2) is 22.6 Å². The normalized spacial score (nSPS) is 44.4. The topological polar surface area (TPSA) is 43.2 Å².